The molecule has 3 rings (SSSR count). The Hall–Kier alpha value is -3.00. The molecule has 8 heteroatoms. The summed E-state index contributed by atoms with van der Waals surface area (Å²) in [6.45, 7) is 10.2. The zero-order valence-electron chi connectivity index (χ0n) is 20.5. The lowest BCUT2D eigenvalue weighted by Gasteiger charge is -2.40. The molecule has 0 aromatic heterocycles. The highest BCUT2D eigenvalue weighted by molar-refractivity contribution is 5.97. The number of amides is 1. The number of hydrogen-bond acceptors (Lipinski definition) is 5. The highest BCUT2D eigenvalue weighted by atomic mass is 19.1. The smallest absolute Gasteiger partial charge is 0.252 e. The van der Waals surface area contributed by atoms with Crippen LogP contribution in [0, 0.1) is 22.5 Å². The fourth-order valence-electron chi connectivity index (χ4n) is 4.67. The lowest BCUT2D eigenvalue weighted by Crippen LogP contribution is -2.50. The van der Waals surface area contributed by atoms with E-state index in [4.69, 9.17) is 16.2 Å². The molecule has 1 amide bonds. The first-order chi connectivity index (χ1) is 15.8. The van der Waals surface area contributed by atoms with Crippen LogP contribution in [0.2, 0.25) is 0 Å². The first-order valence-electron chi connectivity index (χ1n) is 11.4. The van der Waals surface area contributed by atoms with E-state index in [9.17, 15) is 13.6 Å². The second kappa shape index (κ2) is 9.33. The number of hydrazone groups is 1. The molecule has 6 nitrogen and oxygen atoms in total. The van der Waals surface area contributed by atoms with Gasteiger partial charge < -0.3 is 16.2 Å². The maximum Gasteiger partial charge on any atom is 0.252 e. The Morgan fingerprint density at radius 2 is 1.82 bits per heavy atom. The van der Waals surface area contributed by atoms with Gasteiger partial charge in [0, 0.05) is 23.1 Å². The maximum absolute atomic E-state index is 14.7. The normalized spacial score (nSPS) is 18.6. The maximum atomic E-state index is 14.7. The summed E-state index contributed by atoms with van der Waals surface area (Å²) >= 11 is 0. The van der Waals surface area contributed by atoms with Crippen LogP contribution in [0.15, 0.2) is 47.6 Å². The number of nitrogens with two attached hydrogens (primary N) is 2. The molecule has 1 unspecified atom stereocenters. The van der Waals surface area contributed by atoms with Crippen LogP contribution in [-0.4, -0.2) is 23.4 Å². The minimum Gasteiger partial charge on any atom is -0.443 e. The van der Waals surface area contributed by atoms with E-state index < -0.39 is 22.8 Å². The van der Waals surface area contributed by atoms with E-state index in [1.165, 1.54) is 5.01 Å². The van der Waals surface area contributed by atoms with Crippen molar-refractivity contribution in [1.82, 2.24) is 5.01 Å². The molecule has 34 heavy (non-hydrogen) atoms. The minimum atomic E-state index is -1.41. The Kier molecular flexibility index (Phi) is 7.03. The van der Waals surface area contributed by atoms with Gasteiger partial charge in [0.15, 0.2) is 0 Å². The second-order valence-corrected chi connectivity index (χ2v) is 10.7. The summed E-state index contributed by atoms with van der Waals surface area (Å²) < 4.78 is 35.0. The number of nitrogen functional groups attached to an aromatic ring is 1. The largest absolute Gasteiger partial charge is 0.443 e. The number of carbonyl (C=O) groups excluding carboxylic acids is 1. The van der Waals surface area contributed by atoms with Crippen molar-refractivity contribution in [2.24, 2.45) is 21.7 Å². The fraction of sp³-hybridized carbons (Fsp3) is 0.462. The zero-order chi connectivity index (χ0) is 25.3. The number of hydrogen-bond donors (Lipinski definition) is 2. The van der Waals surface area contributed by atoms with E-state index >= 15 is 0 Å². The summed E-state index contributed by atoms with van der Waals surface area (Å²) in [6.07, 6.45) is 1.35. The molecule has 184 valence electrons. The van der Waals surface area contributed by atoms with Crippen LogP contribution in [0.5, 0.6) is 0 Å². The van der Waals surface area contributed by atoms with Gasteiger partial charge in [-0.2, -0.15) is 5.01 Å². The van der Waals surface area contributed by atoms with Crippen molar-refractivity contribution in [2.75, 3.05) is 12.3 Å². The van der Waals surface area contributed by atoms with Crippen molar-refractivity contribution in [3.8, 4) is 0 Å². The standard InChI is InChI=1S/C26H34F2N4O2/c1-24(2,3)16-25(4,5)23(33)32-26(12-7-13-29,17-8-6-9-19(30)14-17)34-22(31-32)20-15-18(27)10-11-21(20)28/h6,8-11,14-15H,7,12-13,16,29-30H2,1-5H3. The number of rotatable bonds is 7. The van der Waals surface area contributed by atoms with Crippen molar-refractivity contribution in [2.45, 2.75) is 59.6 Å². The molecule has 4 N–H and O–H groups in total. The number of nitrogens with zero attached hydrogens (tertiary/aromatic N) is 2. The number of halogens is 2. The van der Waals surface area contributed by atoms with Gasteiger partial charge >= 0.3 is 0 Å². The summed E-state index contributed by atoms with van der Waals surface area (Å²) in [7, 11) is 0. The molecule has 2 aromatic rings. The Morgan fingerprint density at radius 1 is 1.12 bits per heavy atom. The van der Waals surface area contributed by atoms with Crippen LogP contribution in [0.3, 0.4) is 0 Å². The molecule has 1 aliphatic heterocycles. The average Bonchev–Trinajstić information content (AvgIpc) is 3.12. The lowest BCUT2D eigenvalue weighted by molar-refractivity contribution is -0.163. The summed E-state index contributed by atoms with van der Waals surface area (Å²) in [6, 6.07) is 9.99. The first-order valence-corrected chi connectivity index (χ1v) is 11.4. The lowest BCUT2D eigenvalue weighted by atomic mass is 9.75. The van der Waals surface area contributed by atoms with Gasteiger partial charge in [0.05, 0.1) is 5.56 Å². The Bertz CT molecular complexity index is 1090. The molecule has 0 bridgehead atoms. The van der Waals surface area contributed by atoms with Crippen LogP contribution in [0.25, 0.3) is 0 Å². The number of ether oxygens (including phenoxy) is 1. The summed E-state index contributed by atoms with van der Waals surface area (Å²) in [5.74, 6) is -1.81. The summed E-state index contributed by atoms with van der Waals surface area (Å²) in [5.41, 5.74) is 10.4. The van der Waals surface area contributed by atoms with Gasteiger partial charge in [-0.1, -0.05) is 46.8 Å². The molecule has 1 aliphatic rings. The monoisotopic (exact) mass is 472 g/mol. The quantitative estimate of drug-likeness (QED) is 0.547. The summed E-state index contributed by atoms with van der Waals surface area (Å²) in [5, 5.41) is 5.74. The molecule has 2 aromatic carbocycles. The number of carbonyl (C=O) groups is 1. The third kappa shape index (κ3) is 5.22. The third-order valence-electron chi connectivity index (χ3n) is 5.76. The molecule has 0 saturated carbocycles. The van der Waals surface area contributed by atoms with Crippen molar-refractivity contribution >= 4 is 17.5 Å². The van der Waals surface area contributed by atoms with Gasteiger partial charge in [-0.15, -0.1) is 5.10 Å². The van der Waals surface area contributed by atoms with E-state index in [1.54, 1.807) is 24.3 Å². The van der Waals surface area contributed by atoms with Crippen molar-refractivity contribution in [1.29, 1.82) is 0 Å². The van der Waals surface area contributed by atoms with Gasteiger partial charge in [-0.3, -0.25) is 4.79 Å². The highest BCUT2D eigenvalue weighted by Gasteiger charge is 2.53. The van der Waals surface area contributed by atoms with Crippen LogP contribution in [-0.2, 0) is 15.3 Å². The minimum absolute atomic E-state index is 0.141. The first kappa shape index (κ1) is 25.6. The molecular weight excluding hydrogens is 438 g/mol. The average molecular weight is 473 g/mol. The number of benzene rings is 2. The van der Waals surface area contributed by atoms with E-state index in [0.717, 1.165) is 18.2 Å². The predicted molar refractivity (Wildman–Crippen MR) is 129 cm³/mol. The van der Waals surface area contributed by atoms with Gasteiger partial charge in [-0.05, 0) is 55.1 Å². The SMILES string of the molecule is CC(C)(C)CC(C)(C)C(=O)N1N=C(c2cc(F)ccc2F)OC1(CCCN)c1cccc(N)c1. The van der Waals surface area contributed by atoms with E-state index in [2.05, 4.69) is 25.9 Å². The van der Waals surface area contributed by atoms with Gasteiger partial charge in [0.2, 0.25) is 11.6 Å². The molecule has 1 atom stereocenters. The summed E-state index contributed by atoms with van der Waals surface area (Å²) in [4.78, 5) is 14.0. The highest BCUT2D eigenvalue weighted by Crippen LogP contribution is 2.45. The van der Waals surface area contributed by atoms with E-state index in [-0.39, 0.29) is 29.2 Å². The molecule has 0 saturated heterocycles. The predicted octanol–water partition coefficient (Wildman–Crippen LogP) is 5.12. The van der Waals surface area contributed by atoms with E-state index in [0.29, 0.717) is 30.6 Å². The third-order valence-corrected chi connectivity index (χ3v) is 5.76. The van der Waals surface area contributed by atoms with Crippen LogP contribution < -0.4 is 11.5 Å². The Morgan fingerprint density at radius 3 is 2.44 bits per heavy atom. The molecule has 0 spiro atoms. The second-order valence-electron chi connectivity index (χ2n) is 10.7. The Balaban J connectivity index is 2.21. The van der Waals surface area contributed by atoms with Crippen molar-refractivity contribution in [3.63, 3.8) is 0 Å². The molecule has 0 aliphatic carbocycles. The van der Waals surface area contributed by atoms with Crippen LogP contribution >= 0.6 is 0 Å². The van der Waals surface area contributed by atoms with E-state index in [1.807, 2.05) is 13.8 Å². The topological polar surface area (TPSA) is 93.9 Å². The van der Waals surface area contributed by atoms with Crippen LogP contribution in [0.4, 0.5) is 14.5 Å². The van der Waals surface area contributed by atoms with Gasteiger partial charge in [0.1, 0.15) is 11.6 Å². The number of anilines is 1. The zero-order valence-corrected chi connectivity index (χ0v) is 20.5. The van der Waals surface area contributed by atoms with Crippen molar-refractivity contribution < 1.29 is 18.3 Å². The molecular formula is C26H34F2N4O2. The van der Waals surface area contributed by atoms with Crippen molar-refractivity contribution in [3.05, 3.63) is 65.2 Å². The van der Waals surface area contributed by atoms with Gasteiger partial charge in [-0.25, -0.2) is 8.78 Å². The molecule has 0 fully saturated rings. The fourth-order valence-corrected chi connectivity index (χ4v) is 4.67. The van der Waals surface area contributed by atoms with Gasteiger partial charge in [0.25, 0.3) is 5.91 Å². The van der Waals surface area contributed by atoms with Crippen LogP contribution in [0.1, 0.15) is 65.0 Å². The molecule has 0 radical (unpaired) electrons. The molecule has 1 heterocycles. The Labute approximate surface area is 200 Å².